The Balaban J connectivity index is 1.76. The third-order valence-electron chi connectivity index (χ3n) is 2.93. The predicted octanol–water partition coefficient (Wildman–Crippen LogP) is 0.136. The predicted molar refractivity (Wildman–Crippen MR) is 67.8 cm³/mol. The van der Waals surface area contributed by atoms with Crippen LogP contribution in [-0.2, 0) is 11.8 Å². The average molecular weight is 273 g/mol. The van der Waals surface area contributed by atoms with Crippen LogP contribution < -0.4 is 5.32 Å². The molecule has 1 aliphatic heterocycles. The van der Waals surface area contributed by atoms with Gasteiger partial charge in [-0.3, -0.25) is 14.4 Å². The maximum atomic E-state index is 11.8. The van der Waals surface area contributed by atoms with Crippen molar-refractivity contribution < 1.29 is 9.53 Å². The molecule has 0 aliphatic carbocycles. The van der Waals surface area contributed by atoms with Crippen molar-refractivity contribution in [3.05, 3.63) is 16.9 Å². The van der Waals surface area contributed by atoms with Crippen LogP contribution in [0.25, 0.3) is 0 Å². The van der Waals surface area contributed by atoms with Gasteiger partial charge in [0.2, 0.25) is 0 Å². The van der Waals surface area contributed by atoms with Crippen LogP contribution in [0.3, 0.4) is 0 Å². The first-order chi connectivity index (χ1) is 8.68. The Hall–Kier alpha value is -1.11. The summed E-state index contributed by atoms with van der Waals surface area (Å²) in [6, 6.07) is 0. The summed E-state index contributed by atoms with van der Waals surface area (Å²) in [5.41, 5.74) is 0.418. The van der Waals surface area contributed by atoms with Crippen molar-refractivity contribution in [3.63, 3.8) is 0 Å². The molecule has 0 bridgehead atoms. The molecular formula is C11H17ClN4O2. The molecule has 7 heteroatoms. The van der Waals surface area contributed by atoms with E-state index in [0.29, 0.717) is 17.3 Å². The van der Waals surface area contributed by atoms with Crippen molar-refractivity contribution >= 4 is 17.5 Å². The SMILES string of the molecule is Cn1ncc(C(=O)NCCN2CCOCC2)c1Cl. The van der Waals surface area contributed by atoms with E-state index in [-0.39, 0.29) is 5.91 Å². The largest absolute Gasteiger partial charge is 0.379 e. The number of aromatic nitrogens is 2. The van der Waals surface area contributed by atoms with Gasteiger partial charge < -0.3 is 10.1 Å². The van der Waals surface area contributed by atoms with Crippen LogP contribution >= 0.6 is 11.6 Å². The van der Waals surface area contributed by atoms with E-state index >= 15 is 0 Å². The lowest BCUT2D eigenvalue weighted by Crippen LogP contribution is -2.41. The zero-order valence-corrected chi connectivity index (χ0v) is 11.1. The number of ether oxygens (including phenoxy) is 1. The van der Waals surface area contributed by atoms with Gasteiger partial charge in [0.1, 0.15) is 5.15 Å². The minimum Gasteiger partial charge on any atom is -0.379 e. The van der Waals surface area contributed by atoms with E-state index in [0.717, 1.165) is 32.8 Å². The summed E-state index contributed by atoms with van der Waals surface area (Å²) in [7, 11) is 1.70. The number of carbonyl (C=O) groups is 1. The third-order valence-corrected chi connectivity index (χ3v) is 3.38. The Labute approximate surface area is 111 Å². The summed E-state index contributed by atoms with van der Waals surface area (Å²) >= 11 is 5.94. The Kier molecular flexibility index (Phi) is 4.57. The minimum atomic E-state index is -0.179. The number of morpholine rings is 1. The highest BCUT2D eigenvalue weighted by atomic mass is 35.5. The standard InChI is InChI=1S/C11H17ClN4O2/c1-15-10(12)9(8-14-15)11(17)13-2-3-16-4-6-18-7-5-16/h8H,2-7H2,1H3,(H,13,17). The van der Waals surface area contributed by atoms with E-state index in [1.165, 1.54) is 10.9 Å². The van der Waals surface area contributed by atoms with Gasteiger partial charge in [0.25, 0.3) is 5.91 Å². The molecule has 2 heterocycles. The van der Waals surface area contributed by atoms with Gasteiger partial charge in [-0.2, -0.15) is 5.10 Å². The van der Waals surface area contributed by atoms with Crippen LogP contribution in [0, 0.1) is 0 Å². The lowest BCUT2D eigenvalue weighted by atomic mass is 10.3. The number of amides is 1. The number of aryl methyl sites for hydroxylation is 1. The lowest BCUT2D eigenvalue weighted by molar-refractivity contribution is 0.0383. The second-order valence-electron chi connectivity index (χ2n) is 4.18. The summed E-state index contributed by atoms with van der Waals surface area (Å²) in [6.07, 6.45) is 1.48. The minimum absolute atomic E-state index is 0.179. The average Bonchev–Trinajstić information content (AvgIpc) is 2.71. The lowest BCUT2D eigenvalue weighted by Gasteiger charge is -2.26. The molecule has 2 rings (SSSR count). The molecule has 0 aromatic carbocycles. The van der Waals surface area contributed by atoms with Crippen LogP contribution in [-0.4, -0.2) is 60.0 Å². The molecule has 1 aromatic heterocycles. The zero-order valence-electron chi connectivity index (χ0n) is 10.4. The number of halogens is 1. The number of hydrogen-bond acceptors (Lipinski definition) is 4. The van der Waals surface area contributed by atoms with E-state index in [2.05, 4.69) is 15.3 Å². The van der Waals surface area contributed by atoms with E-state index in [4.69, 9.17) is 16.3 Å². The van der Waals surface area contributed by atoms with Crippen molar-refractivity contribution in [1.29, 1.82) is 0 Å². The first-order valence-corrected chi connectivity index (χ1v) is 6.32. The van der Waals surface area contributed by atoms with Crippen LogP contribution in [0.4, 0.5) is 0 Å². The molecule has 0 atom stereocenters. The molecule has 1 saturated heterocycles. The molecule has 0 unspecified atom stereocenters. The van der Waals surface area contributed by atoms with Gasteiger partial charge in [0.05, 0.1) is 25.0 Å². The monoisotopic (exact) mass is 272 g/mol. The molecular weight excluding hydrogens is 256 g/mol. The molecule has 0 radical (unpaired) electrons. The van der Waals surface area contributed by atoms with Crippen LogP contribution in [0.1, 0.15) is 10.4 Å². The van der Waals surface area contributed by atoms with Crippen molar-refractivity contribution in [2.75, 3.05) is 39.4 Å². The molecule has 6 nitrogen and oxygen atoms in total. The molecule has 1 aromatic rings. The number of nitrogens with one attached hydrogen (secondary N) is 1. The van der Waals surface area contributed by atoms with Gasteiger partial charge in [-0.05, 0) is 0 Å². The molecule has 0 spiro atoms. The van der Waals surface area contributed by atoms with Crippen molar-refractivity contribution in [3.8, 4) is 0 Å². The summed E-state index contributed by atoms with van der Waals surface area (Å²) in [5.74, 6) is -0.179. The molecule has 100 valence electrons. The Morgan fingerprint density at radius 3 is 2.89 bits per heavy atom. The van der Waals surface area contributed by atoms with Gasteiger partial charge in [-0.1, -0.05) is 11.6 Å². The molecule has 0 saturated carbocycles. The van der Waals surface area contributed by atoms with Crippen molar-refractivity contribution in [1.82, 2.24) is 20.0 Å². The Morgan fingerprint density at radius 2 is 2.28 bits per heavy atom. The highest BCUT2D eigenvalue weighted by molar-refractivity contribution is 6.32. The van der Waals surface area contributed by atoms with Gasteiger partial charge in [0, 0.05) is 33.2 Å². The fraction of sp³-hybridized carbons (Fsp3) is 0.636. The highest BCUT2D eigenvalue weighted by Crippen LogP contribution is 2.13. The van der Waals surface area contributed by atoms with Gasteiger partial charge in [-0.25, -0.2) is 0 Å². The fourth-order valence-corrected chi connectivity index (χ4v) is 2.00. The van der Waals surface area contributed by atoms with Crippen molar-refractivity contribution in [2.45, 2.75) is 0 Å². The van der Waals surface area contributed by atoms with Gasteiger partial charge in [0.15, 0.2) is 0 Å². The quantitative estimate of drug-likeness (QED) is 0.847. The maximum absolute atomic E-state index is 11.8. The number of rotatable bonds is 4. The molecule has 1 aliphatic rings. The Morgan fingerprint density at radius 1 is 1.56 bits per heavy atom. The normalized spacial score (nSPS) is 16.8. The molecule has 1 amide bonds. The van der Waals surface area contributed by atoms with E-state index in [1.807, 2.05) is 0 Å². The first kappa shape index (κ1) is 13.3. The summed E-state index contributed by atoms with van der Waals surface area (Å²) < 4.78 is 6.73. The Bertz CT molecular complexity index is 415. The number of carbonyl (C=O) groups excluding carboxylic acids is 1. The first-order valence-electron chi connectivity index (χ1n) is 5.94. The van der Waals surface area contributed by atoms with E-state index in [9.17, 15) is 4.79 Å². The van der Waals surface area contributed by atoms with E-state index < -0.39 is 0 Å². The van der Waals surface area contributed by atoms with Gasteiger partial charge in [-0.15, -0.1) is 0 Å². The highest BCUT2D eigenvalue weighted by Gasteiger charge is 2.15. The van der Waals surface area contributed by atoms with Crippen molar-refractivity contribution in [2.24, 2.45) is 7.05 Å². The summed E-state index contributed by atoms with van der Waals surface area (Å²) in [4.78, 5) is 14.1. The van der Waals surface area contributed by atoms with Crippen LogP contribution in [0.15, 0.2) is 6.20 Å². The molecule has 18 heavy (non-hydrogen) atoms. The summed E-state index contributed by atoms with van der Waals surface area (Å²) in [6.45, 7) is 4.80. The second-order valence-corrected chi connectivity index (χ2v) is 4.54. The zero-order chi connectivity index (χ0) is 13.0. The maximum Gasteiger partial charge on any atom is 0.256 e. The van der Waals surface area contributed by atoms with Crippen LogP contribution in [0.2, 0.25) is 5.15 Å². The summed E-state index contributed by atoms with van der Waals surface area (Å²) in [5, 5.41) is 7.13. The molecule has 1 N–H and O–H groups in total. The third kappa shape index (κ3) is 3.22. The topological polar surface area (TPSA) is 59.4 Å². The van der Waals surface area contributed by atoms with Gasteiger partial charge >= 0.3 is 0 Å². The molecule has 1 fully saturated rings. The second kappa shape index (κ2) is 6.17. The van der Waals surface area contributed by atoms with E-state index in [1.54, 1.807) is 7.05 Å². The smallest absolute Gasteiger partial charge is 0.256 e. The van der Waals surface area contributed by atoms with Crippen LogP contribution in [0.5, 0.6) is 0 Å². The number of hydrogen-bond donors (Lipinski definition) is 1. The number of nitrogens with zero attached hydrogens (tertiary/aromatic N) is 3. The fourth-order valence-electron chi connectivity index (χ4n) is 1.82.